The fourth-order valence-corrected chi connectivity index (χ4v) is 1.07. The minimum atomic E-state index is -0.950. The van der Waals surface area contributed by atoms with Gasteiger partial charge in [0.2, 0.25) is 5.82 Å². The summed E-state index contributed by atoms with van der Waals surface area (Å²) in [5.74, 6) is 4.07. The molecule has 6 nitrogen and oxygen atoms in total. The van der Waals surface area contributed by atoms with Crippen molar-refractivity contribution in [1.29, 1.82) is 0 Å². The molecule has 0 spiro atoms. The Morgan fingerprint density at radius 1 is 1.59 bits per heavy atom. The Morgan fingerprint density at radius 2 is 2.35 bits per heavy atom. The first-order valence-electron chi connectivity index (χ1n) is 4.59. The highest BCUT2D eigenvalue weighted by molar-refractivity contribution is 5.45. The third kappa shape index (κ3) is 3.48. The first kappa shape index (κ1) is 12.5. The zero-order chi connectivity index (χ0) is 12.7. The maximum absolute atomic E-state index is 13.5. The van der Waals surface area contributed by atoms with E-state index < -0.39 is 16.4 Å². The first-order chi connectivity index (χ1) is 8.16. The van der Waals surface area contributed by atoms with Crippen LogP contribution in [0.25, 0.3) is 10.4 Å². The molecule has 0 fully saturated rings. The minimum absolute atomic E-state index is 0.0415. The van der Waals surface area contributed by atoms with E-state index in [-0.39, 0.29) is 18.5 Å². The van der Waals surface area contributed by atoms with E-state index in [1.807, 2.05) is 0 Å². The second kappa shape index (κ2) is 6.10. The molecule has 17 heavy (non-hydrogen) atoms. The van der Waals surface area contributed by atoms with Gasteiger partial charge in [0, 0.05) is 23.9 Å². The highest BCUT2D eigenvalue weighted by Crippen LogP contribution is 2.19. The molecular weight excluding hydrogens is 227 g/mol. The van der Waals surface area contributed by atoms with Crippen LogP contribution in [0.4, 0.5) is 10.1 Å². The molecule has 0 aliphatic rings. The lowest BCUT2D eigenvalue weighted by atomic mass is 10.2. The Bertz CT molecular complexity index is 541. The number of rotatable bonds is 3. The third-order valence-electron chi connectivity index (χ3n) is 1.80. The van der Waals surface area contributed by atoms with Crippen LogP contribution >= 0.6 is 0 Å². The fraction of sp³-hybridized carbons (Fsp3) is 0.200. The van der Waals surface area contributed by atoms with Gasteiger partial charge in [-0.2, -0.15) is 4.39 Å². The van der Waals surface area contributed by atoms with E-state index in [2.05, 4.69) is 21.9 Å². The molecule has 1 rings (SSSR count). The molecule has 86 valence electrons. The van der Waals surface area contributed by atoms with Crippen molar-refractivity contribution in [3.63, 3.8) is 0 Å². The summed E-state index contributed by atoms with van der Waals surface area (Å²) in [4.78, 5) is 12.2. The SMILES string of the molecule is [N-]=[N+]=NCCC#Cc1cccc([N+](=O)[O-])c1F. The van der Waals surface area contributed by atoms with Crippen LogP contribution in [0.5, 0.6) is 0 Å². The lowest BCUT2D eigenvalue weighted by molar-refractivity contribution is -0.387. The molecule has 0 saturated carbocycles. The van der Waals surface area contributed by atoms with Crippen molar-refractivity contribution in [2.24, 2.45) is 5.11 Å². The molecule has 0 unspecified atom stereocenters. The Kier molecular flexibility index (Phi) is 4.48. The van der Waals surface area contributed by atoms with E-state index in [4.69, 9.17) is 5.53 Å². The number of hydrogen-bond acceptors (Lipinski definition) is 3. The van der Waals surface area contributed by atoms with E-state index in [1.165, 1.54) is 12.1 Å². The summed E-state index contributed by atoms with van der Waals surface area (Å²) in [5, 5.41) is 13.7. The molecule has 0 radical (unpaired) electrons. The summed E-state index contributed by atoms with van der Waals surface area (Å²) in [6.45, 7) is 0.181. The average Bonchev–Trinajstić information content (AvgIpc) is 2.30. The van der Waals surface area contributed by atoms with Crippen molar-refractivity contribution in [2.45, 2.75) is 6.42 Å². The van der Waals surface area contributed by atoms with Crippen LogP contribution in [0.15, 0.2) is 23.3 Å². The van der Waals surface area contributed by atoms with E-state index in [9.17, 15) is 14.5 Å². The summed E-state index contributed by atoms with van der Waals surface area (Å²) >= 11 is 0. The molecule has 0 aliphatic carbocycles. The molecule has 0 aliphatic heterocycles. The van der Waals surface area contributed by atoms with Gasteiger partial charge in [0.25, 0.3) is 0 Å². The molecule has 0 saturated heterocycles. The second-order valence-electron chi connectivity index (χ2n) is 2.90. The second-order valence-corrected chi connectivity index (χ2v) is 2.90. The van der Waals surface area contributed by atoms with Gasteiger partial charge in [-0.1, -0.05) is 23.0 Å². The van der Waals surface area contributed by atoms with Gasteiger partial charge < -0.3 is 0 Å². The maximum Gasteiger partial charge on any atom is 0.306 e. The van der Waals surface area contributed by atoms with Crippen LogP contribution in [-0.4, -0.2) is 11.5 Å². The predicted molar refractivity (Wildman–Crippen MR) is 58.6 cm³/mol. The molecule has 0 atom stereocenters. The Hall–Kier alpha value is -2.58. The monoisotopic (exact) mass is 234 g/mol. The number of nitro benzene ring substituents is 1. The number of halogens is 1. The summed E-state index contributed by atoms with van der Waals surface area (Å²) in [6, 6.07) is 3.78. The van der Waals surface area contributed by atoms with Crippen molar-refractivity contribution in [3.05, 3.63) is 50.1 Å². The van der Waals surface area contributed by atoms with Crippen LogP contribution in [0.1, 0.15) is 12.0 Å². The van der Waals surface area contributed by atoms with Gasteiger partial charge in [-0.15, -0.1) is 0 Å². The molecule has 7 heteroatoms. The van der Waals surface area contributed by atoms with Gasteiger partial charge in [-0.3, -0.25) is 10.1 Å². The highest BCUT2D eigenvalue weighted by Gasteiger charge is 2.15. The summed E-state index contributed by atoms with van der Waals surface area (Å²) in [6.07, 6.45) is 0.270. The topological polar surface area (TPSA) is 91.9 Å². The van der Waals surface area contributed by atoms with Gasteiger partial charge in [0.15, 0.2) is 0 Å². The molecule has 1 aromatic rings. The lowest BCUT2D eigenvalue weighted by Crippen LogP contribution is -1.94. The molecule has 1 aromatic carbocycles. The van der Waals surface area contributed by atoms with Crippen LogP contribution < -0.4 is 0 Å². The predicted octanol–water partition coefficient (Wildman–Crippen LogP) is 2.79. The number of benzene rings is 1. The molecule has 0 amide bonds. The first-order valence-corrected chi connectivity index (χ1v) is 4.59. The van der Waals surface area contributed by atoms with E-state index in [0.717, 1.165) is 6.07 Å². The van der Waals surface area contributed by atoms with E-state index in [1.54, 1.807) is 0 Å². The quantitative estimate of drug-likeness (QED) is 0.153. The number of nitrogens with zero attached hydrogens (tertiary/aromatic N) is 4. The third-order valence-corrected chi connectivity index (χ3v) is 1.80. The van der Waals surface area contributed by atoms with Crippen LogP contribution in [0.3, 0.4) is 0 Å². The van der Waals surface area contributed by atoms with Gasteiger partial charge in [-0.05, 0) is 11.6 Å². The Morgan fingerprint density at radius 3 is 3.00 bits per heavy atom. The molecule has 0 aromatic heterocycles. The van der Waals surface area contributed by atoms with Gasteiger partial charge in [0.1, 0.15) is 0 Å². The number of nitro groups is 1. The summed E-state index contributed by atoms with van der Waals surface area (Å²) in [7, 11) is 0. The average molecular weight is 234 g/mol. The van der Waals surface area contributed by atoms with E-state index in [0.29, 0.717) is 0 Å². The Labute approximate surface area is 95.8 Å². The van der Waals surface area contributed by atoms with Gasteiger partial charge in [0.05, 0.1) is 10.5 Å². The van der Waals surface area contributed by atoms with Crippen LogP contribution in [-0.2, 0) is 0 Å². The standard InChI is InChI=1S/C10H7FN4O2/c11-10-8(4-1-2-7-13-14-12)5-3-6-9(10)15(16)17/h3,5-6H,2,7H2. The van der Waals surface area contributed by atoms with Crippen molar-refractivity contribution in [2.75, 3.05) is 6.54 Å². The van der Waals surface area contributed by atoms with Crippen LogP contribution in [0.2, 0.25) is 0 Å². The van der Waals surface area contributed by atoms with E-state index >= 15 is 0 Å². The maximum atomic E-state index is 13.5. The summed E-state index contributed by atoms with van der Waals surface area (Å²) < 4.78 is 13.5. The Balaban J connectivity index is 2.88. The largest absolute Gasteiger partial charge is 0.306 e. The molecule has 0 bridgehead atoms. The molecular formula is C10H7FN4O2. The van der Waals surface area contributed by atoms with Gasteiger partial charge >= 0.3 is 5.69 Å². The van der Waals surface area contributed by atoms with Crippen molar-refractivity contribution < 1.29 is 9.31 Å². The van der Waals surface area contributed by atoms with Crippen molar-refractivity contribution >= 4 is 5.69 Å². The highest BCUT2D eigenvalue weighted by atomic mass is 19.1. The van der Waals surface area contributed by atoms with Crippen molar-refractivity contribution in [1.82, 2.24) is 0 Å². The zero-order valence-electron chi connectivity index (χ0n) is 8.63. The lowest BCUT2D eigenvalue weighted by Gasteiger charge is -1.95. The molecule has 0 heterocycles. The number of hydrogen-bond donors (Lipinski definition) is 0. The minimum Gasteiger partial charge on any atom is -0.258 e. The number of azide groups is 1. The fourth-order valence-electron chi connectivity index (χ4n) is 1.07. The molecule has 0 N–H and O–H groups in total. The zero-order valence-corrected chi connectivity index (χ0v) is 8.63. The van der Waals surface area contributed by atoms with Crippen LogP contribution in [0, 0.1) is 27.8 Å². The normalized spacial score (nSPS) is 8.76. The summed E-state index contributed by atoms with van der Waals surface area (Å²) in [5.41, 5.74) is 7.35. The van der Waals surface area contributed by atoms with Crippen molar-refractivity contribution in [3.8, 4) is 11.8 Å². The van der Waals surface area contributed by atoms with Gasteiger partial charge in [-0.25, -0.2) is 0 Å². The smallest absolute Gasteiger partial charge is 0.258 e.